The van der Waals surface area contributed by atoms with Crippen molar-refractivity contribution in [2.45, 2.75) is 12.8 Å². The summed E-state index contributed by atoms with van der Waals surface area (Å²) in [6.07, 6.45) is 1.75. The molecular weight excluding hydrogens is 417 g/mol. The Balaban J connectivity index is 1.49. The van der Waals surface area contributed by atoms with Gasteiger partial charge in [-0.3, -0.25) is 4.79 Å². The fourth-order valence-electron chi connectivity index (χ4n) is 3.21. The Morgan fingerprint density at radius 2 is 2.15 bits per heavy atom. The topological polar surface area (TPSA) is 45.2 Å². The average molecular weight is 434 g/mol. The second-order valence-electron chi connectivity index (χ2n) is 6.37. The Morgan fingerprint density at radius 3 is 2.96 bits per heavy atom. The Morgan fingerprint density at radius 1 is 1.31 bits per heavy atom. The first kappa shape index (κ1) is 17.4. The highest BCUT2D eigenvalue weighted by Crippen LogP contribution is 2.33. The van der Waals surface area contributed by atoms with Crippen molar-refractivity contribution in [3.8, 4) is 0 Å². The molecule has 0 aliphatic carbocycles. The van der Waals surface area contributed by atoms with E-state index in [9.17, 15) is 9.18 Å². The highest BCUT2D eigenvalue weighted by Gasteiger charge is 2.27. The van der Waals surface area contributed by atoms with Gasteiger partial charge in [0.2, 0.25) is 5.91 Å². The van der Waals surface area contributed by atoms with Gasteiger partial charge in [-0.25, -0.2) is 9.37 Å². The second-order valence-corrected chi connectivity index (χ2v) is 8.29. The predicted molar refractivity (Wildman–Crippen MR) is 107 cm³/mol. The Bertz CT molecular complexity index is 961. The lowest BCUT2D eigenvalue weighted by molar-refractivity contribution is -0.120. The van der Waals surface area contributed by atoms with Gasteiger partial charge in [0.05, 0.1) is 10.6 Å². The summed E-state index contributed by atoms with van der Waals surface area (Å²) >= 11 is 4.89. The number of fused-ring (bicyclic) bond motifs is 1. The first-order chi connectivity index (χ1) is 12.6. The highest BCUT2D eigenvalue weighted by atomic mass is 79.9. The molecular formula is C19H17BrFN3OS. The van der Waals surface area contributed by atoms with Crippen LogP contribution in [0.4, 0.5) is 15.2 Å². The minimum absolute atomic E-state index is 0.0140. The van der Waals surface area contributed by atoms with E-state index in [1.165, 1.54) is 17.4 Å². The Kier molecular flexibility index (Phi) is 4.91. The molecule has 0 spiro atoms. The van der Waals surface area contributed by atoms with Crippen LogP contribution in [0, 0.1) is 11.7 Å². The van der Waals surface area contributed by atoms with Crippen molar-refractivity contribution >= 4 is 54.2 Å². The smallest absolute Gasteiger partial charge is 0.229 e. The number of hydrogen-bond acceptors (Lipinski definition) is 4. The quantitative estimate of drug-likeness (QED) is 0.628. The summed E-state index contributed by atoms with van der Waals surface area (Å²) < 4.78 is 15.7. The molecule has 1 unspecified atom stereocenters. The number of anilines is 2. The van der Waals surface area contributed by atoms with Crippen molar-refractivity contribution < 1.29 is 9.18 Å². The fourth-order valence-corrected chi connectivity index (χ4v) is 4.63. The van der Waals surface area contributed by atoms with Gasteiger partial charge in [-0.2, -0.15) is 0 Å². The van der Waals surface area contributed by atoms with Gasteiger partial charge in [-0.05, 0) is 43.2 Å². The van der Waals surface area contributed by atoms with Crippen LogP contribution in [0.5, 0.6) is 0 Å². The van der Waals surface area contributed by atoms with Gasteiger partial charge in [-0.1, -0.05) is 39.4 Å². The molecule has 0 bridgehead atoms. The van der Waals surface area contributed by atoms with Gasteiger partial charge in [0.1, 0.15) is 11.3 Å². The number of halogens is 2. The molecule has 1 amide bonds. The summed E-state index contributed by atoms with van der Waals surface area (Å²) in [5.41, 5.74) is 1.19. The number of carbonyl (C=O) groups excluding carboxylic acids is 1. The molecule has 26 heavy (non-hydrogen) atoms. The molecule has 4 rings (SSSR count). The Hall–Kier alpha value is -1.99. The summed E-state index contributed by atoms with van der Waals surface area (Å²) in [7, 11) is 0. The number of nitrogens with zero attached hydrogens (tertiary/aromatic N) is 2. The van der Waals surface area contributed by atoms with Gasteiger partial charge in [0.15, 0.2) is 5.13 Å². The molecule has 3 aromatic rings. The van der Waals surface area contributed by atoms with E-state index in [1.807, 2.05) is 30.3 Å². The zero-order valence-electron chi connectivity index (χ0n) is 13.9. The first-order valence-electron chi connectivity index (χ1n) is 8.46. The monoisotopic (exact) mass is 433 g/mol. The lowest BCUT2D eigenvalue weighted by Gasteiger charge is -2.31. The predicted octanol–water partition coefficient (Wildman–Crippen LogP) is 5.05. The summed E-state index contributed by atoms with van der Waals surface area (Å²) in [4.78, 5) is 19.2. The number of amides is 1. The molecule has 0 radical (unpaired) electrons. The van der Waals surface area contributed by atoms with Crippen molar-refractivity contribution in [1.29, 1.82) is 0 Å². The van der Waals surface area contributed by atoms with Crippen LogP contribution in [-0.2, 0) is 4.79 Å². The molecule has 2 aromatic carbocycles. The number of benzene rings is 2. The molecule has 4 nitrogen and oxygen atoms in total. The Labute approximate surface area is 163 Å². The van der Waals surface area contributed by atoms with Crippen LogP contribution in [-0.4, -0.2) is 24.0 Å². The lowest BCUT2D eigenvalue weighted by Crippen LogP contribution is -2.40. The highest BCUT2D eigenvalue weighted by molar-refractivity contribution is 9.10. The lowest BCUT2D eigenvalue weighted by atomic mass is 9.97. The summed E-state index contributed by atoms with van der Waals surface area (Å²) in [5.74, 6) is -0.398. The van der Waals surface area contributed by atoms with Crippen molar-refractivity contribution in [2.24, 2.45) is 5.92 Å². The molecule has 1 atom stereocenters. The first-order valence-corrected chi connectivity index (χ1v) is 10.1. The van der Waals surface area contributed by atoms with Crippen LogP contribution in [0.2, 0.25) is 0 Å². The summed E-state index contributed by atoms with van der Waals surface area (Å²) in [6.45, 7) is 1.43. The number of rotatable bonds is 3. The summed E-state index contributed by atoms with van der Waals surface area (Å²) in [5, 5.41) is 3.77. The van der Waals surface area contributed by atoms with E-state index in [-0.39, 0.29) is 17.6 Å². The van der Waals surface area contributed by atoms with Crippen LogP contribution >= 0.6 is 27.3 Å². The number of para-hydroxylation sites is 1. The van der Waals surface area contributed by atoms with E-state index in [1.54, 1.807) is 6.07 Å². The van der Waals surface area contributed by atoms with Crippen molar-refractivity contribution in [2.75, 3.05) is 23.3 Å². The zero-order chi connectivity index (χ0) is 18.1. The van der Waals surface area contributed by atoms with Gasteiger partial charge in [-0.15, -0.1) is 0 Å². The molecule has 1 aliphatic heterocycles. The molecule has 134 valence electrons. The molecule has 1 saturated heterocycles. The third kappa shape index (κ3) is 3.59. The average Bonchev–Trinajstić information content (AvgIpc) is 3.08. The number of aromatic nitrogens is 1. The zero-order valence-corrected chi connectivity index (χ0v) is 16.3. The molecule has 2 heterocycles. The molecule has 1 N–H and O–H groups in total. The SMILES string of the molecule is O=C(Nc1cccc(Br)c1)C1CCCN(c2nc3c(F)cccc3s2)C1. The van der Waals surface area contributed by atoms with Crippen LogP contribution in [0.3, 0.4) is 0 Å². The van der Waals surface area contributed by atoms with E-state index in [4.69, 9.17) is 0 Å². The standard InChI is InChI=1S/C19H17BrFN3OS/c20-13-5-1-6-14(10-13)22-18(25)12-4-3-9-24(11-12)19-23-17-15(21)7-2-8-16(17)26-19/h1-2,5-8,10,12H,3-4,9,11H2,(H,22,25). The second kappa shape index (κ2) is 7.32. The number of nitrogens with one attached hydrogen (secondary N) is 1. The van der Waals surface area contributed by atoms with Gasteiger partial charge in [0, 0.05) is 23.2 Å². The molecule has 1 fully saturated rings. The molecule has 0 saturated carbocycles. The van der Waals surface area contributed by atoms with Crippen molar-refractivity contribution in [3.63, 3.8) is 0 Å². The third-order valence-electron chi connectivity index (χ3n) is 4.51. The summed E-state index contributed by atoms with van der Waals surface area (Å²) in [6, 6.07) is 12.6. The van der Waals surface area contributed by atoms with E-state index in [2.05, 4.69) is 31.1 Å². The number of thiazole rings is 1. The van der Waals surface area contributed by atoms with Crippen molar-refractivity contribution in [3.05, 3.63) is 52.8 Å². The van der Waals surface area contributed by atoms with Gasteiger partial charge >= 0.3 is 0 Å². The van der Waals surface area contributed by atoms with E-state index in [0.717, 1.165) is 39.4 Å². The van der Waals surface area contributed by atoms with Crippen LogP contribution in [0.1, 0.15) is 12.8 Å². The maximum atomic E-state index is 13.9. The largest absolute Gasteiger partial charge is 0.347 e. The minimum atomic E-state index is -0.300. The molecule has 1 aliphatic rings. The number of carbonyl (C=O) groups is 1. The maximum Gasteiger partial charge on any atom is 0.229 e. The van der Waals surface area contributed by atoms with Gasteiger partial charge in [0.25, 0.3) is 0 Å². The molecule has 1 aromatic heterocycles. The molecule has 7 heteroatoms. The minimum Gasteiger partial charge on any atom is -0.347 e. The number of hydrogen-bond donors (Lipinski definition) is 1. The maximum absolute atomic E-state index is 13.9. The number of piperidine rings is 1. The van der Waals surface area contributed by atoms with E-state index >= 15 is 0 Å². The van der Waals surface area contributed by atoms with Crippen molar-refractivity contribution in [1.82, 2.24) is 4.98 Å². The van der Waals surface area contributed by atoms with Gasteiger partial charge < -0.3 is 10.2 Å². The van der Waals surface area contributed by atoms with Crippen LogP contribution in [0.25, 0.3) is 10.2 Å². The van der Waals surface area contributed by atoms with E-state index < -0.39 is 0 Å². The van der Waals surface area contributed by atoms with Crippen LogP contribution < -0.4 is 10.2 Å². The van der Waals surface area contributed by atoms with Crippen LogP contribution in [0.15, 0.2) is 46.9 Å². The third-order valence-corrected chi connectivity index (χ3v) is 6.09. The van der Waals surface area contributed by atoms with E-state index in [0.29, 0.717) is 12.1 Å². The normalized spacial score (nSPS) is 17.5. The fraction of sp³-hybridized carbons (Fsp3) is 0.263.